The molecule has 0 fully saturated rings. The van der Waals surface area contributed by atoms with Gasteiger partial charge in [-0.1, -0.05) is 38.9 Å². The molecule has 1 nitrogen and oxygen atoms in total. The first-order valence-corrected chi connectivity index (χ1v) is 5.76. The molecule has 0 N–H and O–H groups in total. The maximum atomic E-state index is 12.3. The summed E-state index contributed by atoms with van der Waals surface area (Å²) in [5.41, 5.74) is 1.03. The van der Waals surface area contributed by atoms with E-state index in [1.54, 1.807) is 6.21 Å². The van der Waals surface area contributed by atoms with Crippen LogP contribution in [0.15, 0.2) is 35.3 Å². The van der Waals surface area contributed by atoms with Gasteiger partial charge < -0.3 is 0 Å². The summed E-state index contributed by atoms with van der Waals surface area (Å²) in [7, 11) is 0.528. The van der Waals surface area contributed by atoms with Crippen molar-refractivity contribution in [3.8, 4) is 0 Å². The van der Waals surface area contributed by atoms with Gasteiger partial charge in [-0.3, -0.25) is 4.99 Å². The lowest BCUT2D eigenvalue weighted by molar-refractivity contribution is 0.488. The third-order valence-electron chi connectivity index (χ3n) is 1.68. The predicted molar refractivity (Wildman–Crippen MR) is 58.0 cm³/mol. The molecule has 0 aromatic heterocycles. The Bertz CT molecular complexity index is 257. The van der Waals surface area contributed by atoms with E-state index in [1.807, 2.05) is 37.0 Å². The Morgan fingerprint density at radius 1 is 1.46 bits per heavy atom. The van der Waals surface area contributed by atoms with Crippen LogP contribution in [0.3, 0.4) is 0 Å². The van der Waals surface area contributed by atoms with Crippen LogP contribution in [0.2, 0.25) is 0 Å². The lowest BCUT2D eigenvalue weighted by Gasteiger charge is -2.02. The highest BCUT2D eigenvalue weighted by atomic mass is 31.1. The highest BCUT2D eigenvalue weighted by Crippen LogP contribution is 2.15. The van der Waals surface area contributed by atoms with Crippen molar-refractivity contribution in [1.29, 1.82) is 0 Å². The molecule has 0 spiro atoms. The van der Waals surface area contributed by atoms with Crippen molar-refractivity contribution in [2.24, 2.45) is 4.99 Å². The highest BCUT2D eigenvalue weighted by molar-refractivity contribution is 7.37. The average molecular weight is 197 g/mol. The predicted octanol–water partition coefficient (Wildman–Crippen LogP) is 2.71. The highest BCUT2D eigenvalue weighted by Gasteiger charge is 1.99. The minimum absolute atomic E-state index is 0.153. The Morgan fingerprint density at radius 2 is 2.15 bits per heavy atom. The van der Waals surface area contributed by atoms with E-state index in [1.165, 1.54) is 0 Å². The van der Waals surface area contributed by atoms with E-state index in [4.69, 9.17) is 0 Å². The summed E-state index contributed by atoms with van der Waals surface area (Å²) in [5.74, 6) is -0.153. The standard InChI is InChI=1S/C10H13FNP/c1-13-10(7-11)12-8-9-5-3-2-4-6-9/h2-6,8,10,13H,7H2,1H3/t10-/m0/s1. The largest absolute Gasteiger partial charge is 0.282 e. The van der Waals surface area contributed by atoms with E-state index < -0.39 is 0 Å². The summed E-state index contributed by atoms with van der Waals surface area (Å²) in [6.07, 6.45) is 1.74. The molecule has 0 heterocycles. The molecule has 0 saturated heterocycles. The first-order valence-electron chi connectivity index (χ1n) is 4.18. The second-order valence-electron chi connectivity index (χ2n) is 2.65. The zero-order valence-electron chi connectivity index (χ0n) is 7.57. The number of hydrogen-bond donors (Lipinski definition) is 0. The van der Waals surface area contributed by atoms with Crippen LogP contribution in [0.5, 0.6) is 0 Å². The third kappa shape index (κ3) is 3.65. The number of aliphatic imine (C=N–C) groups is 1. The SMILES string of the molecule is CP[C@@H](CF)N=Cc1ccccc1. The molecule has 0 aliphatic heterocycles. The second kappa shape index (κ2) is 5.82. The number of rotatable bonds is 4. The van der Waals surface area contributed by atoms with Crippen LogP contribution in [-0.4, -0.2) is 25.3 Å². The van der Waals surface area contributed by atoms with Gasteiger partial charge in [-0.05, 0) is 12.2 Å². The first-order chi connectivity index (χ1) is 6.36. The smallest absolute Gasteiger partial charge is 0.115 e. The number of alkyl halides is 1. The van der Waals surface area contributed by atoms with E-state index in [0.717, 1.165) is 5.56 Å². The third-order valence-corrected chi connectivity index (χ3v) is 2.65. The van der Waals surface area contributed by atoms with E-state index in [2.05, 4.69) is 4.99 Å². The topological polar surface area (TPSA) is 12.4 Å². The van der Waals surface area contributed by atoms with Crippen LogP contribution in [-0.2, 0) is 0 Å². The molecule has 0 aliphatic carbocycles. The molecular weight excluding hydrogens is 184 g/mol. The fourth-order valence-corrected chi connectivity index (χ4v) is 1.28. The molecule has 70 valence electrons. The van der Waals surface area contributed by atoms with E-state index in [9.17, 15) is 4.39 Å². The van der Waals surface area contributed by atoms with Crippen LogP contribution in [0.4, 0.5) is 4.39 Å². The van der Waals surface area contributed by atoms with Crippen LogP contribution in [0.25, 0.3) is 0 Å². The van der Waals surface area contributed by atoms with Crippen molar-refractivity contribution < 1.29 is 4.39 Å². The van der Waals surface area contributed by atoms with Crippen molar-refractivity contribution in [3.63, 3.8) is 0 Å². The molecule has 1 aromatic rings. The number of hydrogen-bond acceptors (Lipinski definition) is 1. The Hall–Kier alpha value is -0.750. The summed E-state index contributed by atoms with van der Waals surface area (Å²) in [5, 5.41) is 0. The number of nitrogens with zero attached hydrogens (tertiary/aromatic N) is 1. The lowest BCUT2D eigenvalue weighted by atomic mass is 10.2. The van der Waals surface area contributed by atoms with Crippen LogP contribution in [0.1, 0.15) is 5.56 Å². The number of benzene rings is 1. The van der Waals surface area contributed by atoms with Gasteiger partial charge in [0.1, 0.15) is 6.67 Å². The van der Waals surface area contributed by atoms with Crippen LogP contribution in [0, 0.1) is 0 Å². The monoisotopic (exact) mass is 197 g/mol. The second-order valence-corrected chi connectivity index (χ2v) is 3.89. The van der Waals surface area contributed by atoms with Gasteiger partial charge in [0, 0.05) is 6.21 Å². The minimum Gasteiger partial charge on any atom is -0.282 e. The van der Waals surface area contributed by atoms with Gasteiger partial charge in [0.15, 0.2) is 0 Å². The fraction of sp³-hybridized carbons (Fsp3) is 0.300. The molecular formula is C10H13FNP. The molecule has 0 radical (unpaired) electrons. The zero-order valence-corrected chi connectivity index (χ0v) is 8.57. The zero-order chi connectivity index (χ0) is 9.52. The Labute approximate surface area is 79.9 Å². The quantitative estimate of drug-likeness (QED) is 0.519. The maximum Gasteiger partial charge on any atom is 0.115 e. The van der Waals surface area contributed by atoms with Gasteiger partial charge in [-0.15, -0.1) is 0 Å². The van der Waals surface area contributed by atoms with Crippen molar-refractivity contribution in [2.75, 3.05) is 13.3 Å². The molecule has 3 heteroatoms. The molecule has 1 rings (SSSR count). The Balaban J connectivity index is 2.57. The summed E-state index contributed by atoms with van der Waals surface area (Å²) in [4.78, 5) is 4.14. The summed E-state index contributed by atoms with van der Waals surface area (Å²) < 4.78 is 12.3. The lowest BCUT2D eigenvalue weighted by Crippen LogP contribution is -1.98. The molecule has 0 saturated carbocycles. The minimum atomic E-state index is -0.363. The van der Waals surface area contributed by atoms with Gasteiger partial charge in [-0.2, -0.15) is 0 Å². The van der Waals surface area contributed by atoms with Crippen molar-refractivity contribution in [3.05, 3.63) is 35.9 Å². The van der Waals surface area contributed by atoms with Crippen LogP contribution >= 0.6 is 8.58 Å². The van der Waals surface area contributed by atoms with Gasteiger partial charge in [0.05, 0.1) is 5.78 Å². The van der Waals surface area contributed by atoms with Gasteiger partial charge in [0.25, 0.3) is 0 Å². The molecule has 0 aliphatic rings. The van der Waals surface area contributed by atoms with E-state index in [-0.39, 0.29) is 12.5 Å². The molecule has 0 amide bonds. The average Bonchev–Trinajstić information content (AvgIpc) is 2.21. The van der Waals surface area contributed by atoms with Gasteiger partial charge in [-0.25, -0.2) is 4.39 Å². The molecule has 2 atom stereocenters. The maximum absolute atomic E-state index is 12.3. The van der Waals surface area contributed by atoms with Crippen molar-refractivity contribution in [1.82, 2.24) is 0 Å². The molecule has 1 unspecified atom stereocenters. The summed E-state index contributed by atoms with van der Waals surface area (Å²) >= 11 is 0. The Kier molecular flexibility index (Phi) is 4.63. The number of halogens is 1. The van der Waals surface area contributed by atoms with Crippen molar-refractivity contribution >= 4 is 14.8 Å². The van der Waals surface area contributed by atoms with E-state index >= 15 is 0 Å². The van der Waals surface area contributed by atoms with Crippen LogP contribution < -0.4 is 0 Å². The Morgan fingerprint density at radius 3 is 2.69 bits per heavy atom. The summed E-state index contributed by atoms with van der Waals surface area (Å²) in [6.45, 7) is 1.60. The molecule has 0 bridgehead atoms. The summed E-state index contributed by atoms with van der Waals surface area (Å²) in [6, 6.07) is 9.75. The van der Waals surface area contributed by atoms with Gasteiger partial charge in [0.2, 0.25) is 0 Å². The van der Waals surface area contributed by atoms with Gasteiger partial charge >= 0.3 is 0 Å². The molecule has 1 aromatic carbocycles. The normalized spacial score (nSPS) is 14.3. The van der Waals surface area contributed by atoms with Crippen molar-refractivity contribution in [2.45, 2.75) is 5.78 Å². The molecule has 13 heavy (non-hydrogen) atoms. The van der Waals surface area contributed by atoms with E-state index in [0.29, 0.717) is 8.58 Å². The first kappa shape index (κ1) is 10.3. The fourth-order valence-electron chi connectivity index (χ4n) is 0.907.